The Labute approximate surface area is 170 Å². The second-order valence-corrected chi connectivity index (χ2v) is 7.18. The number of aromatic nitrogens is 2. The van der Waals surface area contributed by atoms with Crippen LogP contribution in [0, 0.1) is 11.2 Å². The van der Waals surface area contributed by atoms with Gasteiger partial charge in [0, 0.05) is 39.1 Å². The van der Waals surface area contributed by atoms with E-state index in [0.29, 0.717) is 17.6 Å². The summed E-state index contributed by atoms with van der Waals surface area (Å²) < 4.78 is 16.0. The van der Waals surface area contributed by atoms with Crippen LogP contribution in [0.1, 0.15) is 31.2 Å². The molecule has 5 nitrogen and oxygen atoms in total. The van der Waals surface area contributed by atoms with E-state index in [1.165, 1.54) is 25.7 Å². The van der Waals surface area contributed by atoms with Crippen molar-refractivity contribution in [2.45, 2.75) is 32.2 Å². The number of guanidine groups is 1. The summed E-state index contributed by atoms with van der Waals surface area (Å²) in [6.07, 6.45) is 10.3. The van der Waals surface area contributed by atoms with Crippen LogP contribution in [0.2, 0.25) is 0 Å². The number of nitrogens with one attached hydrogen (secondary N) is 1. The molecule has 2 fully saturated rings. The Balaban J connectivity index is 0.00000196. The summed E-state index contributed by atoms with van der Waals surface area (Å²) in [6.45, 7) is 2.73. The minimum absolute atomic E-state index is 0. The molecule has 1 spiro atoms. The maximum atomic E-state index is 14.4. The molecule has 1 aliphatic carbocycles. The van der Waals surface area contributed by atoms with Crippen molar-refractivity contribution in [3.05, 3.63) is 48.3 Å². The quantitative estimate of drug-likeness (QED) is 0.425. The second-order valence-electron chi connectivity index (χ2n) is 7.18. The van der Waals surface area contributed by atoms with Crippen LogP contribution in [0.4, 0.5) is 4.39 Å². The van der Waals surface area contributed by atoms with Gasteiger partial charge in [-0.3, -0.25) is 4.99 Å². The monoisotopic (exact) mass is 469 g/mol. The number of aliphatic imine (C=N–C) groups is 1. The van der Waals surface area contributed by atoms with Crippen molar-refractivity contribution in [3.63, 3.8) is 0 Å². The molecule has 0 unspecified atom stereocenters. The highest BCUT2D eigenvalue weighted by Crippen LogP contribution is 2.47. The maximum Gasteiger partial charge on any atom is 0.193 e. The predicted molar refractivity (Wildman–Crippen MR) is 112 cm³/mol. The summed E-state index contributed by atoms with van der Waals surface area (Å²) in [6, 6.07) is 5.30. The summed E-state index contributed by atoms with van der Waals surface area (Å²) in [5, 5.41) is 3.39. The minimum atomic E-state index is -0.248. The lowest BCUT2D eigenvalue weighted by atomic mass is 9.68. The van der Waals surface area contributed by atoms with Crippen molar-refractivity contribution in [1.29, 1.82) is 0 Å². The largest absolute Gasteiger partial charge is 0.352 e. The fourth-order valence-corrected chi connectivity index (χ4v) is 3.99. The van der Waals surface area contributed by atoms with Crippen LogP contribution in [-0.4, -0.2) is 40.5 Å². The van der Waals surface area contributed by atoms with Gasteiger partial charge in [-0.15, -0.1) is 24.0 Å². The number of hydrogen-bond donors (Lipinski definition) is 1. The van der Waals surface area contributed by atoms with Crippen LogP contribution in [0.5, 0.6) is 0 Å². The first-order valence-electron chi connectivity index (χ1n) is 8.91. The molecule has 0 bridgehead atoms. The smallest absolute Gasteiger partial charge is 0.193 e. The molecule has 0 atom stereocenters. The number of hydrogen-bond acceptors (Lipinski definition) is 2. The number of likely N-dealkylation sites (tertiary alicyclic amines) is 1. The first-order chi connectivity index (χ1) is 12.2. The van der Waals surface area contributed by atoms with Gasteiger partial charge < -0.3 is 14.8 Å². The van der Waals surface area contributed by atoms with Crippen molar-refractivity contribution >= 4 is 29.9 Å². The van der Waals surface area contributed by atoms with Crippen molar-refractivity contribution in [2.75, 3.05) is 20.1 Å². The van der Waals surface area contributed by atoms with E-state index < -0.39 is 0 Å². The van der Waals surface area contributed by atoms with Crippen LogP contribution in [0.15, 0.2) is 41.9 Å². The standard InChI is InChI=1S/C19H24FN5.HI/c1-21-18(24-9-7-19(13-24)5-2-6-19)23-12-15-3-4-17(16(20)11-15)25-10-8-22-14-25;/h3-4,8,10-11,14H,2,5-7,9,12-13H2,1H3,(H,21,23);1H. The van der Waals surface area contributed by atoms with E-state index in [4.69, 9.17) is 0 Å². The van der Waals surface area contributed by atoms with Gasteiger partial charge in [0.15, 0.2) is 5.96 Å². The minimum Gasteiger partial charge on any atom is -0.352 e. The summed E-state index contributed by atoms with van der Waals surface area (Å²) in [5.41, 5.74) is 1.95. The van der Waals surface area contributed by atoms with Gasteiger partial charge >= 0.3 is 0 Å². The number of halogens is 2. The van der Waals surface area contributed by atoms with E-state index in [2.05, 4.69) is 20.2 Å². The number of benzene rings is 1. The molecule has 7 heteroatoms. The molecule has 1 aromatic carbocycles. The Kier molecular flexibility index (Phi) is 5.84. The van der Waals surface area contributed by atoms with Gasteiger partial charge in [0.2, 0.25) is 0 Å². The van der Waals surface area contributed by atoms with Gasteiger partial charge in [-0.05, 0) is 42.4 Å². The Morgan fingerprint density at radius 2 is 2.19 bits per heavy atom. The third kappa shape index (κ3) is 3.72. The highest BCUT2D eigenvalue weighted by molar-refractivity contribution is 14.0. The molecule has 4 rings (SSSR count). The molecule has 2 heterocycles. The van der Waals surface area contributed by atoms with Crippen LogP contribution in [0.3, 0.4) is 0 Å². The zero-order chi connectivity index (χ0) is 17.3. The molecule has 26 heavy (non-hydrogen) atoms. The van der Waals surface area contributed by atoms with Crippen LogP contribution in [0.25, 0.3) is 5.69 Å². The molecule has 1 N–H and O–H groups in total. The maximum absolute atomic E-state index is 14.4. The first-order valence-corrected chi connectivity index (χ1v) is 8.91. The number of rotatable bonds is 3. The Bertz CT molecular complexity index is 770. The van der Waals surface area contributed by atoms with Gasteiger partial charge in [0.1, 0.15) is 5.82 Å². The van der Waals surface area contributed by atoms with E-state index in [0.717, 1.165) is 24.6 Å². The molecule has 0 radical (unpaired) electrons. The van der Waals surface area contributed by atoms with Crippen molar-refractivity contribution < 1.29 is 4.39 Å². The molecule has 1 saturated carbocycles. The summed E-state index contributed by atoms with van der Waals surface area (Å²) in [4.78, 5) is 10.7. The average Bonchev–Trinajstić information content (AvgIpc) is 3.25. The molecule has 2 aliphatic rings. The third-order valence-corrected chi connectivity index (χ3v) is 5.61. The van der Waals surface area contributed by atoms with Crippen LogP contribution < -0.4 is 5.32 Å². The summed E-state index contributed by atoms with van der Waals surface area (Å²) >= 11 is 0. The van der Waals surface area contributed by atoms with E-state index in [-0.39, 0.29) is 29.8 Å². The highest BCUT2D eigenvalue weighted by Gasteiger charge is 2.43. The number of nitrogens with zero attached hydrogens (tertiary/aromatic N) is 4. The van der Waals surface area contributed by atoms with E-state index >= 15 is 0 Å². The average molecular weight is 469 g/mol. The normalized spacial score (nSPS) is 18.5. The Hall–Kier alpha value is -1.64. The van der Waals surface area contributed by atoms with Gasteiger partial charge in [-0.2, -0.15) is 0 Å². The molecule has 2 aromatic rings. The zero-order valence-electron chi connectivity index (χ0n) is 15.0. The lowest BCUT2D eigenvalue weighted by molar-refractivity contribution is 0.151. The topological polar surface area (TPSA) is 45.5 Å². The molecule has 140 valence electrons. The Morgan fingerprint density at radius 1 is 1.35 bits per heavy atom. The summed E-state index contributed by atoms with van der Waals surface area (Å²) in [5.74, 6) is 0.671. The molecule has 0 amide bonds. The van der Waals surface area contributed by atoms with Crippen LogP contribution in [-0.2, 0) is 6.54 Å². The second kappa shape index (κ2) is 7.94. The number of imidazole rings is 1. The Morgan fingerprint density at radius 3 is 2.77 bits per heavy atom. The van der Waals surface area contributed by atoms with Crippen molar-refractivity contribution in [1.82, 2.24) is 19.8 Å². The SMILES string of the molecule is CN=C(NCc1ccc(-n2ccnc2)c(F)c1)N1CCC2(CCC2)C1.I. The van der Waals surface area contributed by atoms with E-state index in [1.54, 1.807) is 35.4 Å². The fraction of sp³-hybridized carbons (Fsp3) is 0.474. The first kappa shape index (κ1) is 19.1. The summed E-state index contributed by atoms with van der Waals surface area (Å²) in [7, 11) is 1.82. The molecule has 1 aliphatic heterocycles. The molecule has 1 aromatic heterocycles. The molecular weight excluding hydrogens is 444 g/mol. The highest BCUT2D eigenvalue weighted by atomic mass is 127. The lowest BCUT2D eigenvalue weighted by Crippen LogP contribution is -2.42. The third-order valence-electron chi connectivity index (χ3n) is 5.61. The predicted octanol–water partition coefficient (Wildman–Crippen LogP) is 3.58. The van der Waals surface area contributed by atoms with E-state index in [1.807, 2.05) is 13.1 Å². The lowest BCUT2D eigenvalue weighted by Gasteiger charge is -2.38. The van der Waals surface area contributed by atoms with Gasteiger partial charge in [0.25, 0.3) is 0 Å². The molecular formula is C19H25FIN5. The van der Waals surface area contributed by atoms with Crippen molar-refractivity contribution in [2.24, 2.45) is 10.4 Å². The van der Waals surface area contributed by atoms with Crippen molar-refractivity contribution in [3.8, 4) is 5.69 Å². The van der Waals surface area contributed by atoms with E-state index in [9.17, 15) is 4.39 Å². The fourth-order valence-electron chi connectivity index (χ4n) is 3.99. The molecule has 1 saturated heterocycles. The van der Waals surface area contributed by atoms with Gasteiger partial charge in [-0.25, -0.2) is 9.37 Å². The van der Waals surface area contributed by atoms with Gasteiger partial charge in [-0.1, -0.05) is 12.5 Å². The zero-order valence-corrected chi connectivity index (χ0v) is 17.3. The van der Waals surface area contributed by atoms with Gasteiger partial charge in [0.05, 0.1) is 12.0 Å². The van der Waals surface area contributed by atoms with Crippen LogP contribution >= 0.6 is 24.0 Å².